The molecule has 1 unspecified atom stereocenters. The zero-order valence-electron chi connectivity index (χ0n) is 20.2. The summed E-state index contributed by atoms with van der Waals surface area (Å²) in [5, 5.41) is 0.675. The van der Waals surface area contributed by atoms with Crippen LogP contribution in [0.4, 0.5) is 4.79 Å². The predicted molar refractivity (Wildman–Crippen MR) is 137 cm³/mol. The molecule has 2 fully saturated rings. The first-order valence-electron chi connectivity index (χ1n) is 12.2. The van der Waals surface area contributed by atoms with E-state index in [1.165, 1.54) is 22.4 Å². The molecule has 182 valence electrons. The molecule has 5 rings (SSSR count). The number of carbonyl (C=O) groups excluding carboxylic acids is 2. The van der Waals surface area contributed by atoms with Gasteiger partial charge in [-0.1, -0.05) is 54.1 Å². The maximum atomic E-state index is 13.2. The van der Waals surface area contributed by atoms with Gasteiger partial charge in [-0.15, -0.1) is 0 Å². The second-order valence-corrected chi connectivity index (χ2v) is 10.1. The van der Waals surface area contributed by atoms with Gasteiger partial charge in [0.2, 0.25) is 0 Å². The number of amidine groups is 2. The standard InChI is InChI=1S/C27H31ClN5O2/c1-30-25-24(26(34)31(2)27(30)35)33(17-21-8-10-22(28)11-9-21)23(29-25)18-32-14-12-20(13-15-32)16-19-6-4-3-5-7-19/h3-11,20,24H,12-18H2,1-2H3/q+1. The molecule has 3 aliphatic rings. The fourth-order valence-corrected chi connectivity index (χ4v) is 5.37. The molecule has 0 bridgehead atoms. The van der Waals surface area contributed by atoms with E-state index in [4.69, 9.17) is 16.6 Å². The molecule has 0 N–H and O–H groups in total. The molecular formula is C27H31ClN5O2+. The third-order valence-corrected chi connectivity index (χ3v) is 7.57. The first-order valence-corrected chi connectivity index (χ1v) is 12.6. The van der Waals surface area contributed by atoms with E-state index in [0.29, 0.717) is 29.9 Å². The molecule has 3 amide bonds. The van der Waals surface area contributed by atoms with Crippen molar-refractivity contribution in [3.63, 3.8) is 0 Å². The van der Waals surface area contributed by atoms with Crippen molar-refractivity contribution in [3.8, 4) is 0 Å². The van der Waals surface area contributed by atoms with Crippen molar-refractivity contribution in [3.05, 3.63) is 70.7 Å². The van der Waals surface area contributed by atoms with E-state index >= 15 is 0 Å². The Bertz CT molecular complexity index is 1170. The number of imide groups is 1. The molecule has 3 aliphatic heterocycles. The molecule has 0 radical (unpaired) electrons. The molecule has 0 spiro atoms. The number of hydrogen-bond acceptors (Lipinski definition) is 4. The van der Waals surface area contributed by atoms with Crippen LogP contribution in [0.5, 0.6) is 0 Å². The van der Waals surface area contributed by atoms with Gasteiger partial charge in [-0.2, -0.15) is 0 Å². The molecule has 1 atom stereocenters. The van der Waals surface area contributed by atoms with Crippen molar-refractivity contribution < 1.29 is 14.2 Å². The van der Waals surface area contributed by atoms with Gasteiger partial charge >= 0.3 is 11.9 Å². The van der Waals surface area contributed by atoms with E-state index in [-0.39, 0.29) is 11.9 Å². The summed E-state index contributed by atoms with van der Waals surface area (Å²) in [6.45, 7) is 3.17. The molecule has 3 heterocycles. The first kappa shape index (κ1) is 23.7. The van der Waals surface area contributed by atoms with Gasteiger partial charge in [0, 0.05) is 19.1 Å². The van der Waals surface area contributed by atoms with Gasteiger partial charge in [-0.25, -0.2) is 9.37 Å². The zero-order chi connectivity index (χ0) is 24.5. The van der Waals surface area contributed by atoms with Gasteiger partial charge in [0.25, 0.3) is 17.8 Å². The summed E-state index contributed by atoms with van der Waals surface area (Å²) >= 11 is 6.08. The number of halogens is 1. The molecule has 0 aliphatic carbocycles. The van der Waals surface area contributed by atoms with Crippen LogP contribution >= 0.6 is 11.6 Å². The Morgan fingerprint density at radius 1 is 0.943 bits per heavy atom. The fourth-order valence-electron chi connectivity index (χ4n) is 5.24. The van der Waals surface area contributed by atoms with Crippen LogP contribution in [-0.2, 0) is 17.8 Å². The van der Waals surface area contributed by atoms with Crippen LogP contribution in [0.3, 0.4) is 0 Å². The van der Waals surface area contributed by atoms with Crippen molar-refractivity contribution in [2.45, 2.75) is 31.8 Å². The summed E-state index contributed by atoms with van der Waals surface area (Å²) in [5.41, 5.74) is 2.44. The van der Waals surface area contributed by atoms with Gasteiger partial charge in [0.05, 0.1) is 0 Å². The number of hydrogen-bond donors (Lipinski definition) is 0. The Morgan fingerprint density at radius 2 is 1.63 bits per heavy atom. The van der Waals surface area contributed by atoms with Crippen molar-refractivity contribution in [2.75, 3.05) is 33.7 Å². The molecule has 0 saturated carbocycles. The normalized spacial score (nSPS) is 21.6. The van der Waals surface area contributed by atoms with E-state index in [2.05, 4.69) is 39.8 Å². The number of benzene rings is 2. The van der Waals surface area contributed by atoms with Gasteiger partial charge in [0.15, 0.2) is 0 Å². The summed E-state index contributed by atoms with van der Waals surface area (Å²) < 4.78 is 2.05. The minimum Gasteiger partial charge on any atom is -0.292 e. The Hall–Kier alpha value is -3.03. The summed E-state index contributed by atoms with van der Waals surface area (Å²) in [4.78, 5) is 35.7. The number of piperidine rings is 1. The fraction of sp³-hybridized carbons (Fsp3) is 0.407. The van der Waals surface area contributed by atoms with Crippen LogP contribution in [-0.4, -0.2) is 82.7 Å². The largest absolute Gasteiger partial charge is 0.333 e. The lowest BCUT2D eigenvalue weighted by molar-refractivity contribution is -0.552. The lowest BCUT2D eigenvalue weighted by atomic mass is 9.90. The van der Waals surface area contributed by atoms with Crippen LogP contribution in [0.2, 0.25) is 5.02 Å². The highest BCUT2D eigenvalue weighted by Gasteiger charge is 2.53. The summed E-state index contributed by atoms with van der Waals surface area (Å²) in [6.07, 6.45) is 3.39. The summed E-state index contributed by atoms with van der Waals surface area (Å²) in [6, 6.07) is 17.4. The summed E-state index contributed by atoms with van der Waals surface area (Å²) in [5.74, 6) is 1.79. The number of urea groups is 1. The van der Waals surface area contributed by atoms with Crippen LogP contribution in [0.25, 0.3) is 0 Å². The number of nitrogens with zero attached hydrogens (tertiary/aromatic N) is 5. The number of carbonyl (C=O) groups is 2. The third-order valence-electron chi connectivity index (χ3n) is 7.32. The summed E-state index contributed by atoms with van der Waals surface area (Å²) in [7, 11) is 3.23. The average Bonchev–Trinajstić information content (AvgIpc) is 3.22. The molecule has 7 nitrogen and oxygen atoms in total. The van der Waals surface area contributed by atoms with Crippen LogP contribution < -0.4 is 0 Å². The average molecular weight is 493 g/mol. The second-order valence-electron chi connectivity index (χ2n) is 9.69. The van der Waals surface area contributed by atoms with Crippen LogP contribution in [0.15, 0.2) is 59.6 Å². The third kappa shape index (κ3) is 4.88. The second kappa shape index (κ2) is 9.91. The highest BCUT2D eigenvalue weighted by atomic mass is 35.5. The van der Waals surface area contributed by atoms with Gasteiger partial charge in [0.1, 0.15) is 13.1 Å². The van der Waals surface area contributed by atoms with Crippen molar-refractivity contribution in [1.29, 1.82) is 0 Å². The Morgan fingerprint density at radius 3 is 2.31 bits per heavy atom. The molecule has 2 aromatic rings. The van der Waals surface area contributed by atoms with Crippen LogP contribution in [0, 0.1) is 5.92 Å². The lowest BCUT2D eigenvalue weighted by Crippen LogP contribution is -2.61. The minimum absolute atomic E-state index is 0.239. The number of fused-ring (bicyclic) bond motifs is 1. The molecule has 0 aromatic heterocycles. The minimum atomic E-state index is -0.594. The van der Waals surface area contributed by atoms with E-state index in [9.17, 15) is 9.59 Å². The Kier molecular flexibility index (Phi) is 6.71. The maximum Gasteiger partial charge on any atom is 0.333 e. The number of likely N-dealkylation sites (tertiary alicyclic amines) is 1. The van der Waals surface area contributed by atoms with E-state index in [1.54, 1.807) is 7.05 Å². The molecule has 35 heavy (non-hydrogen) atoms. The highest BCUT2D eigenvalue weighted by Crippen LogP contribution is 2.24. The Labute approximate surface area is 211 Å². The predicted octanol–water partition coefficient (Wildman–Crippen LogP) is 3.51. The smallest absolute Gasteiger partial charge is 0.292 e. The molecule has 2 aromatic carbocycles. The first-order chi connectivity index (χ1) is 16.9. The topological polar surface area (TPSA) is 59.2 Å². The number of likely N-dealkylation sites (N-methyl/N-ethyl adjacent to an activating group) is 2. The van der Waals surface area contributed by atoms with Crippen molar-refractivity contribution in [1.82, 2.24) is 14.7 Å². The monoisotopic (exact) mass is 492 g/mol. The van der Waals surface area contributed by atoms with Crippen molar-refractivity contribution in [2.24, 2.45) is 10.9 Å². The van der Waals surface area contributed by atoms with Crippen LogP contribution in [0.1, 0.15) is 24.0 Å². The quantitative estimate of drug-likeness (QED) is 0.580. The van der Waals surface area contributed by atoms with E-state index in [0.717, 1.165) is 43.8 Å². The van der Waals surface area contributed by atoms with Gasteiger partial charge in [-0.05, 0) is 66.5 Å². The zero-order valence-corrected chi connectivity index (χ0v) is 21.0. The maximum absolute atomic E-state index is 13.2. The Balaban J connectivity index is 1.35. The lowest BCUT2D eigenvalue weighted by Gasteiger charge is -2.31. The van der Waals surface area contributed by atoms with E-state index < -0.39 is 6.04 Å². The molecule has 2 saturated heterocycles. The van der Waals surface area contributed by atoms with Gasteiger partial charge < -0.3 is 0 Å². The molecular weight excluding hydrogens is 462 g/mol. The van der Waals surface area contributed by atoms with Gasteiger partial charge in [-0.3, -0.25) is 19.5 Å². The SMILES string of the molecule is CN1C(=O)C2C(=NC(CN3CCC(Cc4ccccc4)CC3)=[N+]2Cc2ccc(Cl)cc2)N(C)C1=O. The highest BCUT2D eigenvalue weighted by molar-refractivity contribution is 6.30. The van der Waals surface area contributed by atoms with E-state index in [1.807, 2.05) is 24.3 Å². The number of amides is 3. The number of aliphatic imine (C=N–C) groups is 1. The number of rotatable bonds is 6. The van der Waals surface area contributed by atoms with Crippen molar-refractivity contribution >= 4 is 35.2 Å². The molecule has 8 heteroatoms.